The van der Waals surface area contributed by atoms with Gasteiger partial charge in [-0.2, -0.15) is 0 Å². The van der Waals surface area contributed by atoms with E-state index in [0.717, 1.165) is 11.3 Å². The Balaban J connectivity index is 0.000000367. The highest BCUT2D eigenvalue weighted by Gasteiger charge is 2.54. The number of hydrogen-bond acceptors (Lipinski definition) is 8. The van der Waals surface area contributed by atoms with Gasteiger partial charge in [0.2, 0.25) is 0 Å². The Hall–Kier alpha value is -3.65. The van der Waals surface area contributed by atoms with Crippen molar-refractivity contribution in [2.75, 3.05) is 18.9 Å². The average Bonchev–Trinajstić information content (AvgIpc) is 3.26. The molecule has 1 aromatic heterocycles. The third-order valence-electron chi connectivity index (χ3n) is 6.53. The van der Waals surface area contributed by atoms with Crippen LogP contribution >= 0.6 is 11.3 Å². The molecule has 7 nitrogen and oxygen atoms in total. The van der Waals surface area contributed by atoms with Crippen LogP contribution in [0.15, 0.2) is 71.4 Å². The van der Waals surface area contributed by atoms with Crippen LogP contribution in [0.1, 0.15) is 44.2 Å². The predicted octanol–water partition coefficient (Wildman–Crippen LogP) is 5.01. The number of allylic oxidation sites excluding steroid dienone is 1. The van der Waals surface area contributed by atoms with Crippen LogP contribution in [0.5, 0.6) is 0 Å². The molecule has 3 N–H and O–H groups in total. The summed E-state index contributed by atoms with van der Waals surface area (Å²) in [5, 5.41) is 5.97. The summed E-state index contributed by atoms with van der Waals surface area (Å²) in [7, 11) is 0. The van der Waals surface area contributed by atoms with Gasteiger partial charge in [-0.3, -0.25) is 4.79 Å². The summed E-state index contributed by atoms with van der Waals surface area (Å²) >= 11 is 1.42. The van der Waals surface area contributed by atoms with Gasteiger partial charge >= 0.3 is 11.9 Å². The maximum atomic E-state index is 13.3. The molecule has 1 aromatic carbocycles. The minimum atomic E-state index is -0.788. The Kier molecular flexibility index (Phi) is 7.45. The minimum Gasteiger partial charge on any atom is -0.466 e. The number of hydrogen-bond donors (Lipinski definition) is 2. The van der Waals surface area contributed by atoms with Gasteiger partial charge in [0.15, 0.2) is 0 Å². The number of nitrogens with zero attached hydrogens (tertiary/aromatic N) is 1. The minimum absolute atomic E-state index is 0.250. The van der Waals surface area contributed by atoms with Gasteiger partial charge in [0.05, 0.1) is 36.2 Å². The lowest BCUT2D eigenvalue weighted by Gasteiger charge is -2.46. The number of rotatable bonds is 6. The van der Waals surface area contributed by atoms with E-state index in [0.29, 0.717) is 16.3 Å². The number of benzene rings is 2. The molecule has 2 heterocycles. The summed E-state index contributed by atoms with van der Waals surface area (Å²) in [5.41, 5.74) is 10.2. The van der Waals surface area contributed by atoms with Gasteiger partial charge in [0, 0.05) is 28.5 Å². The van der Waals surface area contributed by atoms with E-state index in [2.05, 4.69) is 16.4 Å². The summed E-state index contributed by atoms with van der Waals surface area (Å²) < 4.78 is 10.8. The van der Waals surface area contributed by atoms with E-state index in [1.165, 1.54) is 22.5 Å². The fourth-order valence-electron chi connectivity index (χ4n) is 4.83. The summed E-state index contributed by atoms with van der Waals surface area (Å²) in [6.45, 7) is 7.85. The number of esters is 2. The molecule has 3 aliphatic rings. The number of anilines is 1. The number of nitrogen functional groups attached to an aromatic ring is 1. The van der Waals surface area contributed by atoms with Crippen molar-refractivity contribution in [3.05, 3.63) is 81.9 Å². The van der Waals surface area contributed by atoms with Crippen molar-refractivity contribution < 1.29 is 19.1 Å². The van der Waals surface area contributed by atoms with Crippen molar-refractivity contribution in [3.8, 4) is 11.1 Å². The summed E-state index contributed by atoms with van der Waals surface area (Å²) in [5.74, 6) is -2.08. The number of aromatic nitrogens is 1. The standard InChI is InChI=1S/C22H26N2O4S.C6H5N/c1-5-27-20(25)16-14(3)24-22(4,15-10-8-7-9-11-15)18(21(26)28-6-2)17(16)19-23-12-13-29-19;7-6-2-1-4-3-5(4)6/h7-13,17-18,24H,5-6H2,1-4H3;1-3H,7H2. The molecule has 5 rings (SSSR count). The second-order valence-electron chi connectivity index (χ2n) is 8.83. The van der Waals surface area contributed by atoms with Gasteiger partial charge in [0.1, 0.15) is 5.01 Å². The van der Waals surface area contributed by atoms with E-state index in [-0.39, 0.29) is 19.2 Å². The molecule has 36 heavy (non-hydrogen) atoms. The molecule has 0 spiro atoms. The molecule has 3 atom stereocenters. The average molecular weight is 506 g/mol. The zero-order valence-electron chi connectivity index (χ0n) is 20.9. The van der Waals surface area contributed by atoms with Gasteiger partial charge in [-0.1, -0.05) is 36.4 Å². The van der Waals surface area contributed by atoms with Crippen LogP contribution in [0.25, 0.3) is 11.1 Å². The Morgan fingerprint density at radius 3 is 2.33 bits per heavy atom. The first kappa shape index (κ1) is 25.4. The molecule has 2 aromatic rings. The lowest BCUT2D eigenvalue weighted by molar-refractivity contribution is -0.152. The van der Waals surface area contributed by atoms with Crippen LogP contribution in [0.3, 0.4) is 0 Å². The van der Waals surface area contributed by atoms with Crippen LogP contribution in [0.4, 0.5) is 5.69 Å². The van der Waals surface area contributed by atoms with Crippen LogP contribution in [-0.4, -0.2) is 30.1 Å². The third kappa shape index (κ3) is 4.86. The number of ether oxygens (including phenoxy) is 2. The molecule has 188 valence electrons. The first-order valence-corrected chi connectivity index (χ1v) is 12.9. The number of carbonyl (C=O) groups excluding carboxylic acids is 2. The SMILES string of the molecule is CCOC(=O)C1=C(C)NC(C)(c2ccccc2)C(C(=O)OCC)C1c1nccs1.Nc1ccc2cc1-2. The maximum absolute atomic E-state index is 13.3. The predicted molar refractivity (Wildman–Crippen MR) is 141 cm³/mol. The lowest BCUT2D eigenvalue weighted by Crippen LogP contribution is -2.55. The zero-order valence-corrected chi connectivity index (χ0v) is 21.7. The largest absolute Gasteiger partial charge is 0.466 e. The number of carbonyl (C=O) groups is 2. The molecule has 0 fully saturated rings. The summed E-state index contributed by atoms with van der Waals surface area (Å²) in [4.78, 5) is 30.6. The summed E-state index contributed by atoms with van der Waals surface area (Å²) in [6, 6.07) is 15.8. The fourth-order valence-corrected chi connectivity index (χ4v) is 5.61. The molecule has 8 heteroatoms. The number of thiazole rings is 1. The number of nitrogens with two attached hydrogens (primary N) is 1. The molecule has 2 aliphatic carbocycles. The van der Waals surface area contributed by atoms with Crippen molar-refractivity contribution in [1.82, 2.24) is 10.3 Å². The second-order valence-corrected chi connectivity index (χ2v) is 9.76. The molecule has 1 aliphatic heterocycles. The van der Waals surface area contributed by atoms with Crippen LogP contribution < -0.4 is 11.1 Å². The Morgan fingerprint density at radius 1 is 1.11 bits per heavy atom. The van der Waals surface area contributed by atoms with Crippen molar-refractivity contribution >= 4 is 29.0 Å². The fraction of sp³-hybridized carbons (Fsp3) is 0.321. The van der Waals surface area contributed by atoms with Gasteiger partial charge in [-0.05, 0) is 51.0 Å². The molecule has 0 bridgehead atoms. The second kappa shape index (κ2) is 10.5. The number of nitrogens with one attached hydrogen (secondary N) is 1. The van der Waals surface area contributed by atoms with Gasteiger partial charge < -0.3 is 20.5 Å². The summed E-state index contributed by atoms with van der Waals surface area (Å²) in [6.07, 6.45) is 1.68. The Bertz CT molecular complexity index is 1270. The van der Waals surface area contributed by atoms with Gasteiger partial charge in [-0.25, -0.2) is 9.78 Å². The quantitative estimate of drug-likeness (QED) is 0.280. The normalized spacial score (nSPS) is 21.6. The van der Waals surface area contributed by atoms with Crippen LogP contribution in [-0.2, 0) is 24.6 Å². The van der Waals surface area contributed by atoms with E-state index >= 15 is 0 Å². The lowest BCUT2D eigenvalue weighted by atomic mass is 9.67. The molecular formula is C28H31N3O4S. The topological polar surface area (TPSA) is 104 Å². The molecular weight excluding hydrogens is 474 g/mol. The van der Waals surface area contributed by atoms with E-state index in [4.69, 9.17) is 15.2 Å². The van der Waals surface area contributed by atoms with E-state index in [1.807, 2.05) is 61.7 Å². The highest BCUT2D eigenvalue weighted by molar-refractivity contribution is 7.09. The smallest absolute Gasteiger partial charge is 0.336 e. The molecule has 0 amide bonds. The monoisotopic (exact) mass is 505 g/mol. The molecule has 0 radical (unpaired) electrons. The van der Waals surface area contributed by atoms with E-state index < -0.39 is 23.3 Å². The van der Waals surface area contributed by atoms with Gasteiger partial charge in [-0.15, -0.1) is 11.3 Å². The first-order chi connectivity index (χ1) is 17.3. The van der Waals surface area contributed by atoms with Crippen LogP contribution in [0, 0.1) is 5.92 Å². The van der Waals surface area contributed by atoms with Crippen molar-refractivity contribution in [1.29, 1.82) is 0 Å². The van der Waals surface area contributed by atoms with Crippen molar-refractivity contribution in [2.45, 2.75) is 39.2 Å². The van der Waals surface area contributed by atoms with Gasteiger partial charge in [0.25, 0.3) is 0 Å². The highest BCUT2D eigenvalue weighted by atomic mass is 32.1. The molecule has 3 unspecified atom stereocenters. The third-order valence-corrected chi connectivity index (χ3v) is 7.38. The molecule has 0 saturated heterocycles. The van der Waals surface area contributed by atoms with Crippen molar-refractivity contribution in [3.63, 3.8) is 0 Å². The first-order valence-electron chi connectivity index (χ1n) is 12.0. The Morgan fingerprint density at radius 2 is 1.83 bits per heavy atom. The zero-order chi connectivity index (χ0) is 25.9. The Labute approximate surface area is 215 Å². The van der Waals surface area contributed by atoms with E-state index in [9.17, 15) is 9.59 Å². The van der Waals surface area contributed by atoms with Crippen LogP contribution in [0.2, 0.25) is 0 Å². The number of fused-ring (bicyclic) bond motifs is 1. The van der Waals surface area contributed by atoms with Crippen molar-refractivity contribution in [2.24, 2.45) is 5.92 Å². The van der Waals surface area contributed by atoms with E-state index in [1.54, 1.807) is 20.0 Å². The highest BCUT2D eigenvalue weighted by Crippen LogP contribution is 2.49. The maximum Gasteiger partial charge on any atom is 0.336 e. The molecule has 0 saturated carbocycles.